The molecule has 0 radical (unpaired) electrons. The maximum Gasteiger partial charge on any atom is 0.321 e. The zero-order valence-corrected chi connectivity index (χ0v) is 14.9. The number of carbonyl (C=O) groups excluding carboxylic acids is 2. The average molecular weight is 347 g/mol. The molecule has 0 unspecified atom stereocenters. The smallest absolute Gasteiger partial charge is 0.321 e. The van der Waals surface area contributed by atoms with E-state index in [1.807, 2.05) is 51.1 Å². The topological polar surface area (TPSA) is 99.8 Å². The van der Waals surface area contributed by atoms with Crippen LogP contribution >= 0.6 is 11.8 Å². The van der Waals surface area contributed by atoms with Crippen molar-refractivity contribution in [1.29, 1.82) is 0 Å². The van der Waals surface area contributed by atoms with Crippen molar-refractivity contribution in [1.82, 2.24) is 25.8 Å². The number of nitrogens with one attached hydrogen (secondary N) is 3. The number of hydrogen-bond acceptors (Lipinski definition) is 5. The summed E-state index contributed by atoms with van der Waals surface area (Å²) in [4.78, 5) is 28.1. The summed E-state index contributed by atoms with van der Waals surface area (Å²) in [6, 6.07) is 9.07. The Balaban J connectivity index is 1.92. The molecule has 3 N–H and O–H groups in total. The molecule has 2 rings (SSSR count). The Bertz CT molecular complexity index is 709. The second-order valence-corrected chi connectivity index (χ2v) is 7.59. The maximum absolute atomic E-state index is 12.1. The number of amides is 3. The highest BCUT2D eigenvalue weighted by Gasteiger charge is 2.21. The molecule has 0 saturated heterocycles. The predicted molar refractivity (Wildman–Crippen MR) is 93.6 cm³/mol. The highest BCUT2D eigenvalue weighted by Crippen LogP contribution is 2.22. The molecule has 1 aromatic carbocycles. The minimum atomic E-state index is -0.514. The summed E-state index contributed by atoms with van der Waals surface area (Å²) in [5.41, 5.74) is 0.508. The van der Waals surface area contributed by atoms with Crippen LogP contribution in [0.25, 0.3) is 11.4 Å². The van der Waals surface area contributed by atoms with Gasteiger partial charge in [-0.05, 0) is 27.7 Å². The van der Waals surface area contributed by atoms with Crippen LogP contribution in [0.2, 0.25) is 0 Å². The van der Waals surface area contributed by atoms with E-state index in [9.17, 15) is 9.59 Å². The van der Waals surface area contributed by atoms with Crippen molar-refractivity contribution in [3.63, 3.8) is 0 Å². The van der Waals surface area contributed by atoms with Gasteiger partial charge in [-0.25, -0.2) is 9.78 Å². The van der Waals surface area contributed by atoms with Crippen LogP contribution in [0.1, 0.15) is 27.7 Å². The number of urea groups is 1. The average Bonchev–Trinajstić information content (AvgIpc) is 2.94. The normalized spacial score (nSPS) is 12.5. The number of rotatable bonds is 4. The lowest BCUT2D eigenvalue weighted by Crippen LogP contribution is -2.49. The molecule has 2 aromatic rings. The Morgan fingerprint density at radius 1 is 1.21 bits per heavy atom. The molecule has 0 bridgehead atoms. The Hall–Kier alpha value is -2.35. The van der Waals surface area contributed by atoms with Gasteiger partial charge in [0.15, 0.2) is 5.82 Å². The van der Waals surface area contributed by atoms with Gasteiger partial charge in [0.2, 0.25) is 11.1 Å². The second-order valence-electron chi connectivity index (χ2n) is 6.29. The first-order valence-electron chi connectivity index (χ1n) is 7.52. The minimum absolute atomic E-state index is 0.396. The maximum atomic E-state index is 12.1. The number of hydrogen-bond donors (Lipinski definition) is 3. The van der Waals surface area contributed by atoms with Gasteiger partial charge in [-0.3, -0.25) is 15.2 Å². The first-order valence-corrected chi connectivity index (χ1v) is 8.40. The summed E-state index contributed by atoms with van der Waals surface area (Å²) in [5.74, 6) is 0.240. The lowest BCUT2D eigenvalue weighted by Gasteiger charge is -2.20. The molecule has 1 aromatic heterocycles. The fourth-order valence-corrected chi connectivity index (χ4v) is 2.55. The monoisotopic (exact) mass is 347 g/mol. The SMILES string of the molecule is C[C@H](Sc1n[nH]c(-c2ccccc2)n1)C(=O)NC(=O)NC(C)(C)C. The molecule has 3 amide bonds. The Kier molecular flexibility index (Phi) is 5.61. The van der Waals surface area contributed by atoms with Gasteiger partial charge in [0.05, 0.1) is 5.25 Å². The number of aromatic nitrogens is 3. The zero-order chi connectivity index (χ0) is 17.7. The summed E-state index contributed by atoms with van der Waals surface area (Å²) in [7, 11) is 0. The molecule has 8 heteroatoms. The number of H-pyrrole nitrogens is 1. The fraction of sp³-hybridized carbons (Fsp3) is 0.375. The lowest BCUT2D eigenvalue weighted by molar-refractivity contribution is -0.119. The fourth-order valence-electron chi connectivity index (χ4n) is 1.82. The van der Waals surface area contributed by atoms with E-state index >= 15 is 0 Å². The van der Waals surface area contributed by atoms with Crippen molar-refractivity contribution < 1.29 is 9.59 Å². The summed E-state index contributed by atoms with van der Waals surface area (Å²) in [6.45, 7) is 7.22. The van der Waals surface area contributed by atoms with Crippen LogP contribution < -0.4 is 10.6 Å². The lowest BCUT2D eigenvalue weighted by atomic mass is 10.1. The van der Waals surface area contributed by atoms with Gasteiger partial charge in [0.1, 0.15) is 0 Å². The van der Waals surface area contributed by atoms with Gasteiger partial charge in [-0.2, -0.15) is 0 Å². The van der Waals surface area contributed by atoms with Crippen molar-refractivity contribution in [2.24, 2.45) is 0 Å². The first-order chi connectivity index (χ1) is 11.2. The molecular weight excluding hydrogens is 326 g/mol. The molecule has 0 aliphatic carbocycles. The molecule has 0 saturated carbocycles. The van der Waals surface area contributed by atoms with Crippen molar-refractivity contribution in [3.8, 4) is 11.4 Å². The molecular formula is C16H21N5O2S. The van der Waals surface area contributed by atoms with Gasteiger partial charge in [0.25, 0.3) is 0 Å². The van der Waals surface area contributed by atoms with Crippen LogP contribution in [0, 0.1) is 0 Å². The molecule has 128 valence electrons. The molecule has 1 atom stereocenters. The van der Waals surface area contributed by atoms with Gasteiger partial charge < -0.3 is 5.32 Å². The highest BCUT2D eigenvalue weighted by molar-refractivity contribution is 8.00. The van der Waals surface area contributed by atoms with E-state index in [0.29, 0.717) is 11.0 Å². The summed E-state index contributed by atoms with van der Waals surface area (Å²) in [6.07, 6.45) is 0. The van der Waals surface area contributed by atoms with E-state index in [1.165, 1.54) is 11.8 Å². The first kappa shape index (κ1) is 18.0. The number of aromatic amines is 1. The van der Waals surface area contributed by atoms with Gasteiger partial charge in [0, 0.05) is 11.1 Å². The third kappa shape index (κ3) is 5.38. The van der Waals surface area contributed by atoms with Crippen LogP contribution in [0.3, 0.4) is 0 Å². The molecule has 0 aliphatic rings. The van der Waals surface area contributed by atoms with Crippen LogP contribution in [0.15, 0.2) is 35.5 Å². The molecule has 24 heavy (non-hydrogen) atoms. The van der Waals surface area contributed by atoms with E-state index in [-0.39, 0.29) is 0 Å². The Morgan fingerprint density at radius 2 is 1.88 bits per heavy atom. The molecule has 7 nitrogen and oxygen atoms in total. The Morgan fingerprint density at radius 3 is 2.50 bits per heavy atom. The van der Waals surface area contributed by atoms with Gasteiger partial charge in [-0.1, -0.05) is 42.1 Å². The van der Waals surface area contributed by atoms with Crippen molar-refractivity contribution in [2.45, 2.75) is 43.6 Å². The largest absolute Gasteiger partial charge is 0.333 e. The molecule has 0 spiro atoms. The van der Waals surface area contributed by atoms with E-state index < -0.39 is 22.7 Å². The number of thioether (sulfide) groups is 1. The Labute approximate surface area is 145 Å². The zero-order valence-electron chi connectivity index (χ0n) is 14.1. The predicted octanol–water partition coefficient (Wildman–Crippen LogP) is 2.58. The third-order valence-electron chi connectivity index (χ3n) is 2.89. The highest BCUT2D eigenvalue weighted by atomic mass is 32.2. The van der Waals surface area contributed by atoms with Crippen LogP contribution in [-0.2, 0) is 4.79 Å². The van der Waals surface area contributed by atoms with Gasteiger partial charge in [-0.15, -0.1) is 5.10 Å². The number of carbonyl (C=O) groups is 2. The van der Waals surface area contributed by atoms with Gasteiger partial charge >= 0.3 is 6.03 Å². The van der Waals surface area contributed by atoms with E-state index in [4.69, 9.17) is 0 Å². The summed E-state index contributed by atoms with van der Waals surface area (Å²) in [5, 5.41) is 11.9. The number of imide groups is 1. The molecule has 0 fully saturated rings. The van der Waals surface area contributed by atoms with E-state index in [2.05, 4.69) is 25.8 Å². The van der Waals surface area contributed by atoms with Crippen molar-refractivity contribution >= 4 is 23.7 Å². The standard InChI is InChI=1S/C16H21N5O2S/c1-10(13(22)18-14(23)19-16(2,3)4)24-15-17-12(20-21-15)11-8-6-5-7-9-11/h5-10H,1-4H3,(H,17,20,21)(H2,18,19,22,23)/t10-/m0/s1. The van der Waals surface area contributed by atoms with E-state index in [0.717, 1.165) is 5.56 Å². The quantitative estimate of drug-likeness (QED) is 0.738. The van der Waals surface area contributed by atoms with E-state index in [1.54, 1.807) is 6.92 Å². The second kappa shape index (κ2) is 7.48. The summed E-state index contributed by atoms with van der Waals surface area (Å²) >= 11 is 1.18. The minimum Gasteiger partial charge on any atom is -0.333 e. The van der Waals surface area contributed by atoms with Crippen molar-refractivity contribution in [2.75, 3.05) is 0 Å². The number of benzene rings is 1. The molecule has 0 aliphatic heterocycles. The molecule has 1 heterocycles. The summed E-state index contributed by atoms with van der Waals surface area (Å²) < 4.78 is 0. The number of nitrogens with zero attached hydrogens (tertiary/aromatic N) is 2. The van der Waals surface area contributed by atoms with Crippen LogP contribution in [-0.4, -0.2) is 37.9 Å². The third-order valence-corrected chi connectivity index (χ3v) is 3.85. The van der Waals surface area contributed by atoms with Crippen molar-refractivity contribution in [3.05, 3.63) is 30.3 Å². The van der Waals surface area contributed by atoms with Crippen LogP contribution in [0.5, 0.6) is 0 Å². The van der Waals surface area contributed by atoms with Crippen LogP contribution in [0.4, 0.5) is 4.79 Å².